The molecule has 1 aromatic heterocycles. The first kappa shape index (κ1) is 13.1. The van der Waals surface area contributed by atoms with Crippen molar-refractivity contribution in [3.63, 3.8) is 0 Å². The van der Waals surface area contributed by atoms with Crippen LogP contribution in [0, 0.1) is 0 Å². The maximum Gasteiger partial charge on any atom is 0.258 e. The van der Waals surface area contributed by atoms with E-state index in [-0.39, 0.29) is 0 Å². The molecule has 2 fully saturated rings. The zero-order valence-electron chi connectivity index (χ0n) is 10.7. The highest BCUT2D eigenvalue weighted by atomic mass is 79.9. The largest absolute Gasteiger partial charge is 0.486 e. The summed E-state index contributed by atoms with van der Waals surface area (Å²) in [6.07, 6.45) is 2.34. The predicted molar refractivity (Wildman–Crippen MR) is 75.7 cm³/mol. The maximum absolute atomic E-state index is 5.79. The molecule has 2 saturated heterocycles. The van der Waals surface area contributed by atoms with Crippen LogP contribution in [0.5, 0.6) is 11.6 Å². The number of nitrogens with zero attached hydrogens (tertiary/aromatic N) is 1. The Morgan fingerprint density at radius 3 is 2.32 bits per heavy atom. The van der Waals surface area contributed by atoms with Gasteiger partial charge in [0.1, 0.15) is 17.8 Å². The monoisotopic (exact) mass is 327 g/mol. The Morgan fingerprint density at radius 2 is 1.74 bits per heavy atom. The van der Waals surface area contributed by atoms with Crippen LogP contribution >= 0.6 is 15.9 Å². The average Bonchev–Trinajstić information content (AvgIpc) is 2.27. The summed E-state index contributed by atoms with van der Waals surface area (Å²) < 4.78 is 12.3. The molecule has 5 nitrogen and oxygen atoms in total. The molecule has 6 heteroatoms. The van der Waals surface area contributed by atoms with Crippen LogP contribution in [-0.4, -0.2) is 43.4 Å². The van der Waals surface area contributed by atoms with Gasteiger partial charge in [0.25, 0.3) is 5.88 Å². The van der Waals surface area contributed by atoms with Crippen LogP contribution in [0.25, 0.3) is 0 Å². The highest BCUT2D eigenvalue weighted by molar-refractivity contribution is 9.10. The third kappa shape index (κ3) is 3.38. The second-order valence-corrected chi connectivity index (χ2v) is 5.75. The van der Waals surface area contributed by atoms with E-state index >= 15 is 0 Å². The minimum absolute atomic E-state index is 0.446. The topological polar surface area (TPSA) is 55.4 Å². The standard InChI is InChI=1S/C13H18BrN3O2/c14-12-2-1-11(18-7-9-3-5-15-9)13(17-12)19-8-10-4-6-16-10/h1-2,9-10,15-16H,3-8H2/t9-,10-/m0/s1. The van der Waals surface area contributed by atoms with E-state index in [1.165, 1.54) is 6.42 Å². The van der Waals surface area contributed by atoms with Crippen molar-refractivity contribution in [1.82, 2.24) is 15.6 Å². The second kappa shape index (κ2) is 6.07. The molecule has 3 heterocycles. The Morgan fingerprint density at radius 1 is 1.11 bits per heavy atom. The van der Waals surface area contributed by atoms with Crippen molar-refractivity contribution < 1.29 is 9.47 Å². The number of ether oxygens (including phenoxy) is 2. The fraction of sp³-hybridized carbons (Fsp3) is 0.615. The fourth-order valence-corrected chi connectivity index (χ4v) is 2.26. The summed E-state index contributed by atoms with van der Waals surface area (Å²) in [5, 5.41) is 6.61. The number of rotatable bonds is 6. The molecule has 19 heavy (non-hydrogen) atoms. The molecule has 2 aliphatic heterocycles. The fourth-order valence-electron chi connectivity index (χ4n) is 1.97. The minimum atomic E-state index is 0.446. The van der Waals surface area contributed by atoms with E-state index in [1.807, 2.05) is 12.1 Å². The van der Waals surface area contributed by atoms with Gasteiger partial charge in [-0.1, -0.05) is 0 Å². The van der Waals surface area contributed by atoms with Crippen LogP contribution in [0.15, 0.2) is 16.7 Å². The molecule has 0 aromatic carbocycles. The molecule has 0 aliphatic carbocycles. The van der Waals surface area contributed by atoms with Gasteiger partial charge in [-0.15, -0.1) is 0 Å². The first-order chi connectivity index (χ1) is 9.31. The van der Waals surface area contributed by atoms with Gasteiger partial charge in [0.05, 0.1) is 0 Å². The van der Waals surface area contributed by atoms with Gasteiger partial charge in [0, 0.05) is 12.1 Å². The maximum atomic E-state index is 5.79. The van der Waals surface area contributed by atoms with E-state index in [2.05, 4.69) is 31.5 Å². The number of nitrogens with one attached hydrogen (secondary N) is 2. The average molecular weight is 328 g/mol. The van der Waals surface area contributed by atoms with E-state index in [1.54, 1.807) is 0 Å². The first-order valence-electron chi connectivity index (χ1n) is 6.70. The lowest BCUT2D eigenvalue weighted by Crippen LogP contribution is -2.47. The normalized spacial score (nSPS) is 25.3. The Bertz CT molecular complexity index is 436. The third-order valence-corrected chi connectivity index (χ3v) is 3.95. The number of hydrogen-bond donors (Lipinski definition) is 2. The van der Waals surface area contributed by atoms with Crippen molar-refractivity contribution in [3.8, 4) is 11.6 Å². The van der Waals surface area contributed by atoms with Crippen molar-refractivity contribution >= 4 is 15.9 Å². The van der Waals surface area contributed by atoms with Gasteiger partial charge in [-0.2, -0.15) is 0 Å². The summed E-state index contributed by atoms with van der Waals surface area (Å²) in [5.74, 6) is 1.29. The van der Waals surface area contributed by atoms with E-state index in [9.17, 15) is 0 Å². The molecule has 2 atom stereocenters. The molecule has 0 amide bonds. The molecule has 0 bridgehead atoms. The van der Waals surface area contributed by atoms with Crippen LogP contribution in [-0.2, 0) is 0 Å². The summed E-state index contributed by atoms with van der Waals surface area (Å²) in [6, 6.07) is 4.68. The van der Waals surface area contributed by atoms with E-state index in [0.717, 1.165) is 29.9 Å². The van der Waals surface area contributed by atoms with Gasteiger partial charge in [0.2, 0.25) is 0 Å². The van der Waals surface area contributed by atoms with Gasteiger partial charge < -0.3 is 20.1 Å². The van der Waals surface area contributed by atoms with E-state index < -0.39 is 0 Å². The van der Waals surface area contributed by atoms with Crippen molar-refractivity contribution in [2.75, 3.05) is 26.3 Å². The number of halogens is 1. The smallest absolute Gasteiger partial charge is 0.258 e. The minimum Gasteiger partial charge on any atom is -0.486 e. The lowest BCUT2D eigenvalue weighted by molar-refractivity contribution is 0.183. The number of aromatic nitrogens is 1. The first-order valence-corrected chi connectivity index (χ1v) is 7.49. The van der Waals surface area contributed by atoms with Crippen LogP contribution < -0.4 is 20.1 Å². The molecule has 0 spiro atoms. The predicted octanol–water partition coefficient (Wildman–Crippen LogP) is 1.33. The van der Waals surface area contributed by atoms with E-state index in [4.69, 9.17) is 9.47 Å². The summed E-state index contributed by atoms with van der Waals surface area (Å²) in [6.45, 7) is 3.48. The van der Waals surface area contributed by atoms with Crippen molar-refractivity contribution in [2.45, 2.75) is 24.9 Å². The van der Waals surface area contributed by atoms with Crippen LogP contribution in [0.2, 0.25) is 0 Å². The lowest BCUT2D eigenvalue weighted by atomic mass is 10.1. The quantitative estimate of drug-likeness (QED) is 0.772. The number of hydrogen-bond acceptors (Lipinski definition) is 5. The van der Waals surface area contributed by atoms with Gasteiger partial charge in [-0.25, -0.2) is 4.98 Å². The molecule has 1 aromatic rings. The van der Waals surface area contributed by atoms with E-state index in [0.29, 0.717) is 31.2 Å². The molecule has 0 radical (unpaired) electrons. The molecule has 2 N–H and O–H groups in total. The highest BCUT2D eigenvalue weighted by Gasteiger charge is 2.20. The SMILES string of the molecule is Brc1ccc(OC[C@@H]2CCN2)c(OC[C@@H]2CCN2)n1. The summed E-state index contributed by atoms with van der Waals surface area (Å²) in [7, 11) is 0. The molecule has 2 aliphatic rings. The highest BCUT2D eigenvalue weighted by Crippen LogP contribution is 2.27. The van der Waals surface area contributed by atoms with Crippen LogP contribution in [0.3, 0.4) is 0 Å². The summed E-state index contributed by atoms with van der Waals surface area (Å²) >= 11 is 3.36. The van der Waals surface area contributed by atoms with Gasteiger partial charge in [-0.05, 0) is 54.0 Å². The van der Waals surface area contributed by atoms with Crippen LogP contribution in [0.1, 0.15) is 12.8 Å². The zero-order valence-corrected chi connectivity index (χ0v) is 12.3. The van der Waals surface area contributed by atoms with Crippen molar-refractivity contribution in [2.24, 2.45) is 0 Å². The second-order valence-electron chi connectivity index (χ2n) is 4.94. The molecule has 0 saturated carbocycles. The van der Waals surface area contributed by atoms with Gasteiger partial charge in [0.15, 0.2) is 5.75 Å². The van der Waals surface area contributed by atoms with Gasteiger partial charge >= 0.3 is 0 Å². The zero-order chi connectivity index (χ0) is 13.1. The summed E-state index contributed by atoms with van der Waals surface area (Å²) in [5.41, 5.74) is 0. The molecular weight excluding hydrogens is 310 g/mol. The third-order valence-electron chi connectivity index (χ3n) is 3.50. The Hall–Kier alpha value is -0.850. The molecular formula is C13H18BrN3O2. The molecule has 104 valence electrons. The molecule has 3 rings (SSSR count). The molecule has 0 unspecified atom stereocenters. The number of pyridine rings is 1. The lowest BCUT2D eigenvalue weighted by Gasteiger charge is -2.28. The van der Waals surface area contributed by atoms with Crippen molar-refractivity contribution in [1.29, 1.82) is 0 Å². The van der Waals surface area contributed by atoms with Crippen LogP contribution in [0.4, 0.5) is 0 Å². The Kier molecular flexibility index (Phi) is 4.20. The Balaban J connectivity index is 1.59. The van der Waals surface area contributed by atoms with Crippen molar-refractivity contribution in [3.05, 3.63) is 16.7 Å². The van der Waals surface area contributed by atoms with Gasteiger partial charge in [-0.3, -0.25) is 0 Å². The Labute approximate surface area is 121 Å². The summed E-state index contributed by atoms with van der Waals surface area (Å²) in [4.78, 5) is 4.35.